The molecule has 1 aromatic heterocycles. The van der Waals surface area contributed by atoms with E-state index in [1.807, 2.05) is 20.8 Å². The molecule has 0 aliphatic carbocycles. The number of amides is 1. The van der Waals surface area contributed by atoms with Crippen LogP contribution in [0.4, 0.5) is 4.79 Å². The van der Waals surface area contributed by atoms with E-state index < -0.39 is 5.60 Å². The highest BCUT2D eigenvalue weighted by molar-refractivity contribution is 5.68. The summed E-state index contributed by atoms with van der Waals surface area (Å²) in [6.07, 6.45) is 5.91. The monoisotopic (exact) mass is 307 g/mol. The van der Waals surface area contributed by atoms with Crippen molar-refractivity contribution in [1.29, 1.82) is 0 Å². The van der Waals surface area contributed by atoms with Gasteiger partial charge in [0, 0.05) is 19.5 Å². The van der Waals surface area contributed by atoms with Gasteiger partial charge in [-0.1, -0.05) is 0 Å². The molecule has 1 saturated heterocycles. The van der Waals surface area contributed by atoms with Crippen molar-refractivity contribution in [3.05, 3.63) is 18.2 Å². The minimum atomic E-state index is -0.440. The van der Waals surface area contributed by atoms with Gasteiger partial charge >= 0.3 is 6.09 Å². The molecule has 0 bridgehead atoms. The van der Waals surface area contributed by atoms with Crippen LogP contribution in [0.2, 0.25) is 0 Å². The van der Waals surface area contributed by atoms with Gasteiger partial charge in [0.05, 0.1) is 19.5 Å². The van der Waals surface area contributed by atoms with E-state index in [9.17, 15) is 4.79 Å². The van der Waals surface area contributed by atoms with Gasteiger partial charge in [-0.15, -0.1) is 0 Å². The average Bonchev–Trinajstić information content (AvgIpc) is 2.47. The second-order valence-corrected chi connectivity index (χ2v) is 6.65. The Morgan fingerprint density at radius 3 is 2.36 bits per heavy atom. The average molecular weight is 307 g/mol. The molecule has 0 atom stereocenters. The zero-order chi connectivity index (χ0) is 16.2. The first kappa shape index (κ1) is 16.5. The van der Waals surface area contributed by atoms with Gasteiger partial charge in [0.1, 0.15) is 11.4 Å². The van der Waals surface area contributed by atoms with Gasteiger partial charge in [-0.2, -0.15) is 0 Å². The minimum absolute atomic E-state index is 0.216. The fourth-order valence-corrected chi connectivity index (χ4v) is 2.46. The lowest BCUT2D eigenvalue weighted by Crippen LogP contribution is -2.42. The van der Waals surface area contributed by atoms with Gasteiger partial charge in [-0.25, -0.2) is 14.8 Å². The predicted octanol–water partition coefficient (Wildman–Crippen LogP) is 2.67. The molecule has 0 radical (unpaired) electrons. The van der Waals surface area contributed by atoms with Crippen LogP contribution < -0.4 is 4.74 Å². The molecule has 1 fully saturated rings. The van der Waals surface area contributed by atoms with Crippen LogP contribution in [-0.2, 0) is 11.2 Å². The summed E-state index contributed by atoms with van der Waals surface area (Å²) in [4.78, 5) is 22.4. The molecular weight excluding hydrogens is 282 g/mol. The molecule has 1 amide bonds. The van der Waals surface area contributed by atoms with E-state index in [0.717, 1.165) is 38.2 Å². The van der Waals surface area contributed by atoms with Gasteiger partial charge < -0.3 is 14.4 Å². The first-order chi connectivity index (χ1) is 10.4. The number of carbonyl (C=O) groups is 1. The molecule has 0 aromatic carbocycles. The first-order valence-electron chi connectivity index (χ1n) is 7.70. The predicted molar refractivity (Wildman–Crippen MR) is 82.8 cm³/mol. The normalized spacial score (nSPS) is 16.5. The lowest BCUT2D eigenvalue weighted by molar-refractivity contribution is 0.0183. The van der Waals surface area contributed by atoms with Crippen LogP contribution in [0, 0.1) is 5.92 Å². The number of likely N-dealkylation sites (tertiary alicyclic amines) is 1. The number of aromatic nitrogens is 2. The lowest BCUT2D eigenvalue weighted by atomic mass is 9.93. The number of methoxy groups -OCH3 is 1. The fourth-order valence-electron chi connectivity index (χ4n) is 2.46. The third-order valence-electron chi connectivity index (χ3n) is 3.65. The van der Waals surface area contributed by atoms with Crippen LogP contribution in [-0.4, -0.2) is 46.8 Å². The van der Waals surface area contributed by atoms with Crippen molar-refractivity contribution >= 4 is 6.09 Å². The number of hydrogen-bond donors (Lipinski definition) is 0. The quantitative estimate of drug-likeness (QED) is 0.859. The number of ether oxygens (including phenoxy) is 2. The maximum atomic E-state index is 12.0. The highest BCUT2D eigenvalue weighted by Crippen LogP contribution is 2.22. The smallest absolute Gasteiger partial charge is 0.410 e. The fraction of sp³-hybridized carbons (Fsp3) is 0.688. The second-order valence-electron chi connectivity index (χ2n) is 6.65. The van der Waals surface area contributed by atoms with Gasteiger partial charge in [0.25, 0.3) is 0 Å². The summed E-state index contributed by atoms with van der Waals surface area (Å²) in [6, 6.07) is 0. The summed E-state index contributed by atoms with van der Waals surface area (Å²) >= 11 is 0. The largest absolute Gasteiger partial charge is 0.494 e. The Bertz CT molecular complexity index is 488. The van der Waals surface area contributed by atoms with Crippen molar-refractivity contribution in [2.45, 2.75) is 45.6 Å². The summed E-state index contributed by atoms with van der Waals surface area (Å²) in [5.41, 5.74) is -0.440. The third-order valence-corrected chi connectivity index (χ3v) is 3.65. The maximum absolute atomic E-state index is 12.0. The lowest BCUT2D eigenvalue weighted by Gasteiger charge is -2.33. The molecule has 6 nitrogen and oxygen atoms in total. The first-order valence-corrected chi connectivity index (χ1v) is 7.70. The second kappa shape index (κ2) is 6.94. The summed E-state index contributed by atoms with van der Waals surface area (Å²) in [5, 5.41) is 0. The molecule has 6 heteroatoms. The Morgan fingerprint density at radius 1 is 1.27 bits per heavy atom. The van der Waals surface area contributed by atoms with Gasteiger partial charge in [-0.05, 0) is 39.5 Å². The number of nitrogens with zero attached hydrogens (tertiary/aromatic N) is 3. The molecule has 0 spiro atoms. The highest BCUT2D eigenvalue weighted by Gasteiger charge is 2.27. The Labute approximate surface area is 131 Å². The van der Waals surface area contributed by atoms with Crippen LogP contribution >= 0.6 is 0 Å². The summed E-state index contributed by atoms with van der Waals surface area (Å²) in [7, 11) is 1.60. The zero-order valence-electron chi connectivity index (χ0n) is 13.8. The van der Waals surface area contributed by atoms with Crippen LogP contribution in [0.25, 0.3) is 0 Å². The molecule has 122 valence electrons. The molecule has 2 rings (SSSR count). The molecule has 2 heterocycles. The van der Waals surface area contributed by atoms with Crippen molar-refractivity contribution < 1.29 is 14.3 Å². The summed E-state index contributed by atoms with van der Waals surface area (Å²) in [5.74, 6) is 2.01. The maximum Gasteiger partial charge on any atom is 0.410 e. The van der Waals surface area contributed by atoms with Gasteiger partial charge in [0.15, 0.2) is 5.75 Å². The Balaban J connectivity index is 1.80. The number of rotatable bonds is 3. The molecule has 0 saturated carbocycles. The number of carbonyl (C=O) groups excluding carboxylic acids is 1. The SMILES string of the molecule is COc1cnc(CC2CCN(C(=O)OC(C)(C)C)CC2)nc1. The zero-order valence-corrected chi connectivity index (χ0v) is 13.8. The molecule has 1 aliphatic rings. The van der Waals surface area contributed by atoms with E-state index in [2.05, 4.69) is 9.97 Å². The summed E-state index contributed by atoms with van der Waals surface area (Å²) in [6.45, 7) is 7.13. The van der Waals surface area contributed by atoms with E-state index in [1.54, 1.807) is 24.4 Å². The summed E-state index contributed by atoms with van der Waals surface area (Å²) < 4.78 is 10.5. The van der Waals surface area contributed by atoms with E-state index >= 15 is 0 Å². The van der Waals surface area contributed by atoms with E-state index in [-0.39, 0.29) is 6.09 Å². The van der Waals surface area contributed by atoms with E-state index in [0.29, 0.717) is 11.7 Å². The van der Waals surface area contributed by atoms with Crippen LogP contribution in [0.1, 0.15) is 39.4 Å². The molecule has 0 N–H and O–H groups in total. The Morgan fingerprint density at radius 2 is 1.86 bits per heavy atom. The Hall–Kier alpha value is -1.85. The van der Waals surface area contributed by atoms with Crippen molar-refractivity contribution in [3.63, 3.8) is 0 Å². The molecular formula is C16H25N3O3. The van der Waals surface area contributed by atoms with Gasteiger partial charge in [-0.3, -0.25) is 0 Å². The highest BCUT2D eigenvalue weighted by atomic mass is 16.6. The van der Waals surface area contributed by atoms with Crippen LogP contribution in [0.3, 0.4) is 0 Å². The van der Waals surface area contributed by atoms with Crippen molar-refractivity contribution in [1.82, 2.24) is 14.9 Å². The van der Waals surface area contributed by atoms with Crippen molar-refractivity contribution in [2.75, 3.05) is 20.2 Å². The Kier molecular flexibility index (Phi) is 5.21. The van der Waals surface area contributed by atoms with E-state index in [4.69, 9.17) is 9.47 Å². The minimum Gasteiger partial charge on any atom is -0.494 e. The number of piperidine rings is 1. The van der Waals surface area contributed by atoms with Crippen molar-refractivity contribution in [2.24, 2.45) is 5.92 Å². The van der Waals surface area contributed by atoms with Gasteiger partial charge in [0.2, 0.25) is 0 Å². The topological polar surface area (TPSA) is 64.5 Å². The standard InChI is InChI=1S/C16H25N3O3/c1-16(2,3)22-15(20)19-7-5-12(6-8-19)9-14-17-10-13(21-4)11-18-14/h10-12H,5-9H2,1-4H3. The third kappa shape index (κ3) is 4.86. The van der Waals surface area contributed by atoms with Crippen molar-refractivity contribution in [3.8, 4) is 5.75 Å². The molecule has 22 heavy (non-hydrogen) atoms. The molecule has 0 unspecified atom stereocenters. The van der Waals surface area contributed by atoms with E-state index in [1.165, 1.54) is 0 Å². The molecule has 1 aliphatic heterocycles. The molecule has 1 aromatic rings. The number of hydrogen-bond acceptors (Lipinski definition) is 5. The van der Waals surface area contributed by atoms with Crippen LogP contribution in [0.15, 0.2) is 12.4 Å². The van der Waals surface area contributed by atoms with Crippen LogP contribution in [0.5, 0.6) is 5.75 Å².